The van der Waals surface area contributed by atoms with Crippen LogP contribution in [0.1, 0.15) is 50.6 Å². The van der Waals surface area contributed by atoms with E-state index < -0.39 is 0 Å². The molecule has 1 amide bonds. The summed E-state index contributed by atoms with van der Waals surface area (Å²) in [5.41, 5.74) is 0.980. The van der Waals surface area contributed by atoms with E-state index in [9.17, 15) is 9.18 Å². The summed E-state index contributed by atoms with van der Waals surface area (Å²) >= 11 is 0. The summed E-state index contributed by atoms with van der Waals surface area (Å²) in [6.07, 6.45) is 5.60. The van der Waals surface area contributed by atoms with Gasteiger partial charge in [0.15, 0.2) is 0 Å². The van der Waals surface area contributed by atoms with E-state index in [4.69, 9.17) is 0 Å². The summed E-state index contributed by atoms with van der Waals surface area (Å²) in [5, 5.41) is 0. The third kappa shape index (κ3) is 3.34. The third-order valence-electron chi connectivity index (χ3n) is 4.24. The van der Waals surface area contributed by atoms with Crippen molar-refractivity contribution in [1.29, 1.82) is 0 Å². The van der Waals surface area contributed by atoms with Crippen LogP contribution in [0.3, 0.4) is 0 Å². The second-order valence-corrected chi connectivity index (χ2v) is 5.51. The Labute approximate surface area is 114 Å². The van der Waals surface area contributed by atoms with E-state index in [1.54, 1.807) is 12.1 Å². The summed E-state index contributed by atoms with van der Waals surface area (Å²) in [7, 11) is 1.85. The molecule has 0 aliphatic heterocycles. The number of rotatable bonds is 3. The Hall–Kier alpha value is -1.38. The normalized spacial score (nSPS) is 18.1. The molecule has 2 nitrogen and oxygen atoms in total. The van der Waals surface area contributed by atoms with Crippen LogP contribution in [0.5, 0.6) is 0 Å². The second kappa shape index (κ2) is 6.18. The highest BCUT2D eigenvalue weighted by Crippen LogP contribution is 2.28. The van der Waals surface area contributed by atoms with Gasteiger partial charge in [-0.05, 0) is 37.5 Å². The molecule has 0 spiro atoms. The van der Waals surface area contributed by atoms with Gasteiger partial charge in [0.1, 0.15) is 5.82 Å². The van der Waals surface area contributed by atoms with Crippen molar-refractivity contribution in [1.82, 2.24) is 4.90 Å². The lowest BCUT2D eigenvalue weighted by Gasteiger charge is -2.31. The summed E-state index contributed by atoms with van der Waals surface area (Å²) in [5.74, 6) is 0.176. The minimum absolute atomic E-state index is 0.00461. The molecule has 1 fully saturated rings. The molecule has 1 aliphatic rings. The van der Waals surface area contributed by atoms with Crippen LogP contribution in [0.2, 0.25) is 0 Å². The maximum atomic E-state index is 12.9. The fraction of sp³-hybridized carbons (Fsp3) is 0.562. The van der Waals surface area contributed by atoms with Crippen molar-refractivity contribution in [3.63, 3.8) is 0 Å². The van der Waals surface area contributed by atoms with Gasteiger partial charge in [0.05, 0.1) is 6.04 Å². The molecule has 0 aromatic heterocycles. The zero-order valence-corrected chi connectivity index (χ0v) is 11.7. The van der Waals surface area contributed by atoms with E-state index in [2.05, 4.69) is 0 Å². The average molecular weight is 263 g/mol. The van der Waals surface area contributed by atoms with E-state index in [0.29, 0.717) is 0 Å². The fourth-order valence-electron chi connectivity index (χ4n) is 2.79. The first-order chi connectivity index (χ1) is 9.09. The smallest absolute Gasteiger partial charge is 0.225 e. The minimum atomic E-state index is -0.239. The van der Waals surface area contributed by atoms with Gasteiger partial charge < -0.3 is 4.90 Å². The first-order valence-corrected chi connectivity index (χ1v) is 7.11. The Morgan fingerprint density at radius 1 is 1.21 bits per heavy atom. The van der Waals surface area contributed by atoms with Crippen LogP contribution in [0, 0.1) is 11.7 Å². The summed E-state index contributed by atoms with van der Waals surface area (Å²) in [4.78, 5) is 14.2. The zero-order valence-electron chi connectivity index (χ0n) is 11.7. The molecule has 0 bridgehead atoms. The van der Waals surface area contributed by atoms with Gasteiger partial charge in [-0.1, -0.05) is 31.4 Å². The molecule has 0 heterocycles. The molecule has 1 aromatic carbocycles. The van der Waals surface area contributed by atoms with Crippen molar-refractivity contribution in [3.8, 4) is 0 Å². The molecule has 1 aromatic rings. The SMILES string of the molecule is CC(c1ccc(F)cc1)N(C)C(=O)C1CCCCC1. The van der Waals surface area contributed by atoms with Crippen LogP contribution in [0.4, 0.5) is 4.39 Å². The second-order valence-electron chi connectivity index (χ2n) is 5.51. The molecule has 104 valence electrons. The molecule has 1 saturated carbocycles. The van der Waals surface area contributed by atoms with E-state index in [1.807, 2.05) is 18.9 Å². The van der Waals surface area contributed by atoms with Gasteiger partial charge in [-0.25, -0.2) is 4.39 Å². The first-order valence-electron chi connectivity index (χ1n) is 7.11. The Kier molecular flexibility index (Phi) is 4.56. The maximum Gasteiger partial charge on any atom is 0.225 e. The number of carbonyl (C=O) groups excluding carboxylic acids is 1. The van der Waals surface area contributed by atoms with Crippen LogP contribution >= 0.6 is 0 Å². The number of benzene rings is 1. The minimum Gasteiger partial charge on any atom is -0.339 e. The molecule has 0 N–H and O–H groups in total. The molecule has 0 radical (unpaired) electrons. The lowest BCUT2D eigenvalue weighted by atomic mass is 9.88. The lowest BCUT2D eigenvalue weighted by molar-refractivity contribution is -0.137. The van der Waals surface area contributed by atoms with Crippen molar-refractivity contribution in [2.45, 2.75) is 45.1 Å². The molecular formula is C16H22FNO. The predicted molar refractivity (Wildman–Crippen MR) is 74.2 cm³/mol. The standard InChI is InChI=1S/C16H22FNO/c1-12(13-8-10-15(17)11-9-13)18(2)16(19)14-6-4-3-5-7-14/h8-12,14H,3-7H2,1-2H3. The van der Waals surface area contributed by atoms with Crippen molar-refractivity contribution < 1.29 is 9.18 Å². The van der Waals surface area contributed by atoms with Crippen molar-refractivity contribution >= 4 is 5.91 Å². The number of carbonyl (C=O) groups is 1. The monoisotopic (exact) mass is 263 g/mol. The van der Waals surface area contributed by atoms with Crippen molar-refractivity contribution in [2.24, 2.45) is 5.92 Å². The van der Waals surface area contributed by atoms with Gasteiger partial charge in [0, 0.05) is 13.0 Å². The highest BCUT2D eigenvalue weighted by molar-refractivity contribution is 5.79. The van der Waals surface area contributed by atoms with Gasteiger partial charge in [-0.15, -0.1) is 0 Å². The van der Waals surface area contributed by atoms with Crippen LogP contribution < -0.4 is 0 Å². The van der Waals surface area contributed by atoms with Crippen LogP contribution in [-0.4, -0.2) is 17.9 Å². The van der Waals surface area contributed by atoms with E-state index >= 15 is 0 Å². The van der Waals surface area contributed by atoms with Crippen LogP contribution in [-0.2, 0) is 4.79 Å². The summed E-state index contributed by atoms with van der Waals surface area (Å²) in [6, 6.07) is 6.40. The number of hydrogen-bond acceptors (Lipinski definition) is 1. The van der Waals surface area contributed by atoms with E-state index in [0.717, 1.165) is 31.2 Å². The summed E-state index contributed by atoms with van der Waals surface area (Å²) in [6.45, 7) is 1.99. The Bertz CT molecular complexity index is 423. The highest BCUT2D eigenvalue weighted by atomic mass is 19.1. The molecule has 0 saturated heterocycles. The number of halogens is 1. The van der Waals surface area contributed by atoms with Crippen molar-refractivity contribution in [2.75, 3.05) is 7.05 Å². The molecule has 19 heavy (non-hydrogen) atoms. The average Bonchev–Trinajstić information content (AvgIpc) is 2.46. The van der Waals surface area contributed by atoms with Crippen molar-refractivity contribution in [3.05, 3.63) is 35.6 Å². The fourth-order valence-corrected chi connectivity index (χ4v) is 2.79. The van der Waals surface area contributed by atoms with Gasteiger partial charge >= 0.3 is 0 Å². The third-order valence-corrected chi connectivity index (χ3v) is 4.24. The molecule has 2 rings (SSSR count). The van der Waals surface area contributed by atoms with Gasteiger partial charge in [0.25, 0.3) is 0 Å². The largest absolute Gasteiger partial charge is 0.339 e. The molecule has 1 atom stereocenters. The Morgan fingerprint density at radius 2 is 1.79 bits per heavy atom. The van der Waals surface area contributed by atoms with Crippen LogP contribution in [0.25, 0.3) is 0 Å². The zero-order chi connectivity index (χ0) is 13.8. The van der Waals surface area contributed by atoms with E-state index in [-0.39, 0.29) is 23.7 Å². The van der Waals surface area contributed by atoms with Gasteiger partial charge in [0.2, 0.25) is 5.91 Å². The predicted octanol–water partition coefficient (Wildman–Crippen LogP) is 3.93. The number of hydrogen-bond donors (Lipinski definition) is 0. The molecular weight excluding hydrogens is 241 g/mol. The first kappa shape index (κ1) is 14.0. The van der Waals surface area contributed by atoms with Gasteiger partial charge in [-0.2, -0.15) is 0 Å². The molecule has 3 heteroatoms. The number of amides is 1. The number of nitrogens with zero attached hydrogens (tertiary/aromatic N) is 1. The Balaban J connectivity index is 2.03. The quantitative estimate of drug-likeness (QED) is 0.809. The summed E-state index contributed by atoms with van der Waals surface area (Å²) < 4.78 is 12.9. The van der Waals surface area contributed by atoms with E-state index in [1.165, 1.54) is 18.6 Å². The highest BCUT2D eigenvalue weighted by Gasteiger charge is 2.26. The molecule has 1 aliphatic carbocycles. The maximum absolute atomic E-state index is 12.9. The topological polar surface area (TPSA) is 20.3 Å². The van der Waals surface area contributed by atoms with Gasteiger partial charge in [-0.3, -0.25) is 4.79 Å². The lowest BCUT2D eigenvalue weighted by Crippen LogP contribution is -2.35. The molecule has 1 unspecified atom stereocenters. The van der Waals surface area contributed by atoms with Crippen LogP contribution in [0.15, 0.2) is 24.3 Å². The Morgan fingerprint density at radius 3 is 2.37 bits per heavy atom.